The Morgan fingerprint density at radius 3 is 1.69 bits per heavy atom. The first kappa shape index (κ1) is 37.5. The number of aromatic nitrogens is 7. The number of ether oxygens (including phenoxy) is 1. The van der Waals surface area contributed by atoms with Crippen molar-refractivity contribution in [2.24, 2.45) is 0 Å². The molecule has 0 unspecified atom stereocenters. The van der Waals surface area contributed by atoms with Crippen LogP contribution in [0.25, 0.3) is 33.4 Å². The molecule has 14 nitrogen and oxygen atoms in total. The Morgan fingerprint density at radius 1 is 0.691 bits per heavy atom. The Kier molecular flexibility index (Phi) is 11.3. The molecule has 55 heavy (non-hydrogen) atoms. The number of anilines is 4. The van der Waals surface area contributed by atoms with Gasteiger partial charge < -0.3 is 15.4 Å². The highest BCUT2D eigenvalue weighted by molar-refractivity contribution is 6.07. The second-order valence-electron chi connectivity index (χ2n) is 12.2. The smallest absolute Gasteiger partial charge is 0.291 e. The zero-order valence-corrected chi connectivity index (χ0v) is 31.0. The summed E-state index contributed by atoms with van der Waals surface area (Å²) in [6.07, 6.45) is 3.27. The molecule has 0 bridgehead atoms. The predicted molar refractivity (Wildman–Crippen MR) is 213 cm³/mol. The Hall–Kier alpha value is -7.22. The van der Waals surface area contributed by atoms with Crippen LogP contribution in [0.3, 0.4) is 0 Å². The largest absolute Gasteiger partial charge is 0.480 e. The topological polar surface area (TPSA) is 179 Å². The van der Waals surface area contributed by atoms with Crippen molar-refractivity contribution in [3.05, 3.63) is 135 Å². The number of hydrogen-bond acceptors (Lipinski definition) is 11. The summed E-state index contributed by atoms with van der Waals surface area (Å²) in [5, 5.41) is 22.9. The van der Waals surface area contributed by atoms with E-state index in [0.29, 0.717) is 41.7 Å². The van der Waals surface area contributed by atoms with Gasteiger partial charge in [0.1, 0.15) is 28.5 Å². The second kappa shape index (κ2) is 16.6. The first-order valence-electron chi connectivity index (χ1n) is 17.5. The van der Waals surface area contributed by atoms with Crippen LogP contribution in [0, 0.1) is 0 Å². The van der Waals surface area contributed by atoms with Crippen LogP contribution in [0.5, 0.6) is 5.88 Å². The minimum absolute atomic E-state index is 0.157. The van der Waals surface area contributed by atoms with Gasteiger partial charge in [-0.05, 0) is 52.0 Å². The lowest BCUT2D eigenvalue weighted by molar-refractivity contribution is 0.101. The Bertz CT molecular complexity index is 2620. The molecule has 4 heterocycles. The van der Waals surface area contributed by atoms with E-state index in [9.17, 15) is 19.2 Å². The van der Waals surface area contributed by atoms with E-state index in [-0.39, 0.29) is 45.2 Å². The van der Waals surface area contributed by atoms with Gasteiger partial charge in [0.05, 0.1) is 30.0 Å². The van der Waals surface area contributed by atoms with E-state index in [0.717, 1.165) is 22.0 Å². The van der Waals surface area contributed by atoms with E-state index in [2.05, 4.69) is 36.0 Å². The first-order valence-corrected chi connectivity index (χ1v) is 17.5. The van der Waals surface area contributed by atoms with Crippen molar-refractivity contribution in [1.29, 1.82) is 0 Å². The summed E-state index contributed by atoms with van der Waals surface area (Å²) in [5.74, 6) is -0.159. The van der Waals surface area contributed by atoms with Gasteiger partial charge in [-0.15, -0.1) is 0 Å². The molecule has 7 aromatic rings. The van der Waals surface area contributed by atoms with E-state index < -0.39 is 0 Å². The fourth-order valence-electron chi connectivity index (χ4n) is 6.08. The number of ketones is 2. The van der Waals surface area contributed by atoms with E-state index in [1.807, 2.05) is 92.7 Å². The molecule has 278 valence electrons. The molecule has 0 radical (unpaired) electrons. The molecule has 0 aliphatic rings. The van der Waals surface area contributed by atoms with E-state index >= 15 is 0 Å². The lowest BCUT2D eigenvalue weighted by atomic mass is 10.0. The summed E-state index contributed by atoms with van der Waals surface area (Å²) in [6.45, 7) is 7.30. The van der Waals surface area contributed by atoms with Gasteiger partial charge in [-0.2, -0.15) is 15.3 Å². The molecule has 14 heteroatoms. The number of carbonyl (C=O) groups is 2. The number of benzene rings is 3. The summed E-state index contributed by atoms with van der Waals surface area (Å²) >= 11 is 0. The molecule has 0 aliphatic carbocycles. The lowest BCUT2D eigenvalue weighted by Crippen LogP contribution is -2.28. The number of nitrogens with zero attached hydrogens (tertiary/aromatic N) is 6. The lowest BCUT2D eigenvalue weighted by Gasteiger charge is -2.16. The number of aryl methyl sites for hydroxylation is 2. The van der Waals surface area contributed by atoms with Crippen LogP contribution in [0.2, 0.25) is 0 Å². The summed E-state index contributed by atoms with van der Waals surface area (Å²) in [6, 6.07) is 27.8. The molecule has 3 N–H and O–H groups in total. The van der Waals surface area contributed by atoms with Crippen LogP contribution in [0.4, 0.5) is 22.7 Å². The van der Waals surface area contributed by atoms with Crippen molar-refractivity contribution >= 4 is 45.2 Å². The minimum atomic E-state index is -0.381. The molecule has 4 aromatic heterocycles. The first-order chi connectivity index (χ1) is 26.7. The summed E-state index contributed by atoms with van der Waals surface area (Å²) in [7, 11) is 1.49. The molecule has 0 fully saturated rings. The van der Waals surface area contributed by atoms with Crippen molar-refractivity contribution in [1.82, 2.24) is 34.7 Å². The fraction of sp³-hybridized carbons (Fsp3) is 0.171. The molecular weight excluding hydrogens is 699 g/mol. The molecule has 0 saturated carbocycles. The Labute approximate surface area is 315 Å². The Morgan fingerprint density at radius 2 is 1.20 bits per heavy atom. The Balaban J connectivity index is 0.000000187. The van der Waals surface area contributed by atoms with E-state index in [4.69, 9.17) is 4.74 Å². The third-order valence-corrected chi connectivity index (χ3v) is 8.68. The van der Waals surface area contributed by atoms with Crippen LogP contribution in [0.1, 0.15) is 48.4 Å². The fourth-order valence-corrected chi connectivity index (χ4v) is 6.08. The van der Waals surface area contributed by atoms with Crippen LogP contribution < -0.4 is 26.5 Å². The van der Waals surface area contributed by atoms with Gasteiger partial charge >= 0.3 is 0 Å². The summed E-state index contributed by atoms with van der Waals surface area (Å²) in [4.78, 5) is 55.2. The molecule has 0 saturated heterocycles. The molecule has 0 spiro atoms. The third kappa shape index (κ3) is 7.78. The summed E-state index contributed by atoms with van der Waals surface area (Å²) < 4.78 is 7.95. The number of hydrogen-bond donors (Lipinski definition) is 3. The van der Waals surface area contributed by atoms with E-state index in [1.54, 1.807) is 24.5 Å². The van der Waals surface area contributed by atoms with Crippen LogP contribution in [-0.2, 0) is 13.1 Å². The quantitative estimate of drug-likeness (QED) is 0.116. The number of fused-ring (bicyclic) bond motifs is 1. The standard InChI is InChI=1S/C21H19N5O2.C20H20N4O3/c1-3-26-21(28)20(23-16-10-7-11-17-15(16)12-22-24-17)18(13(2)27)19(25-26)14-8-5-4-6-9-14;1-4-24-20(26)18(22-15-11-8-12-21-19(15)27-3)16(13(2)25)17(23-24)14-9-6-5-7-10-14/h4-12,23H,3H2,1-2H3,(H,22,24);5-12,22H,4H2,1-3H3. The van der Waals surface area contributed by atoms with Crippen molar-refractivity contribution in [3.8, 4) is 28.4 Å². The maximum atomic E-state index is 13.0. The van der Waals surface area contributed by atoms with E-state index in [1.165, 1.54) is 30.3 Å². The van der Waals surface area contributed by atoms with Crippen LogP contribution in [0.15, 0.2) is 113 Å². The van der Waals surface area contributed by atoms with Gasteiger partial charge in [0.15, 0.2) is 11.6 Å². The minimum Gasteiger partial charge on any atom is -0.480 e. The molecule has 0 amide bonds. The SMILES string of the molecule is CCn1nc(-c2ccccc2)c(C(C)=O)c(Nc2cccc3[nH]ncc23)c1=O.CCn1nc(-c2ccccc2)c(C(C)=O)c(Nc2cccnc2OC)c1=O. The molecular formula is C41H39N9O5. The third-order valence-electron chi connectivity index (χ3n) is 8.68. The van der Waals surface area contributed by atoms with Crippen molar-refractivity contribution < 1.29 is 14.3 Å². The highest BCUT2D eigenvalue weighted by Crippen LogP contribution is 2.31. The molecule has 0 atom stereocenters. The van der Waals surface area contributed by atoms with Gasteiger partial charge in [0.25, 0.3) is 11.1 Å². The number of rotatable bonds is 11. The second-order valence-corrected chi connectivity index (χ2v) is 12.2. The van der Waals surface area contributed by atoms with Crippen LogP contribution in [-0.4, -0.2) is 53.4 Å². The number of nitrogens with one attached hydrogen (secondary N) is 3. The van der Waals surface area contributed by atoms with Gasteiger partial charge in [-0.3, -0.25) is 24.3 Å². The number of methoxy groups -OCH3 is 1. The number of pyridine rings is 1. The van der Waals surface area contributed by atoms with Crippen molar-refractivity contribution in [2.45, 2.75) is 40.8 Å². The van der Waals surface area contributed by atoms with Crippen molar-refractivity contribution in [2.75, 3.05) is 17.7 Å². The molecule has 0 aliphatic heterocycles. The zero-order chi connectivity index (χ0) is 39.1. The normalized spacial score (nSPS) is 10.7. The number of carbonyl (C=O) groups excluding carboxylic acids is 2. The average molecular weight is 738 g/mol. The van der Waals surface area contributed by atoms with Gasteiger partial charge in [-0.1, -0.05) is 66.7 Å². The summed E-state index contributed by atoms with van der Waals surface area (Å²) in [5.41, 5.74) is 4.66. The van der Waals surface area contributed by atoms with Gasteiger partial charge in [0.2, 0.25) is 5.88 Å². The number of H-pyrrole nitrogens is 1. The number of Topliss-reactive ketones (excluding diaryl/α,β-unsaturated/α-hetero) is 2. The molecule has 3 aromatic carbocycles. The van der Waals surface area contributed by atoms with Crippen LogP contribution >= 0.6 is 0 Å². The number of aromatic amines is 1. The predicted octanol–water partition coefficient (Wildman–Crippen LogP) is 7.03. The highest BCUT2D eigenvalue weighted by atomic mass is 16.5. The highest BCUT2D eigenvalue weighted by Gasteiger charge is 2.24. The maximum absolute atomic E-state index is 13.0. The van der Waals surface area contributed by atoms with Crippen molar-refractivity contribution in [3.63, 3.8) is 0 Å². The van der Waals surface area contributed by atoms with Gasteiger partial charge in [-0.25, -0.2) is 14.3 Å². The average Bonchev–Trinajstić information content (AvgIpc) is 3.70. The van der Waals surface area contributed by atoms with Gasteiger partial charge in [0, 0.05) is 41.5 Å². The monoisotopic (exact) mass is 737 g/mol. The molecule has 7 rings (SSSR count). The zero-order valence-electron chi connectivity index (χ0n) is 31.0. The maximum Gasteiger partial charge on any atom is 0.291 e.